The molecule has 0 bridgehead atoms. The Labute approximate surface area is 102 Å². The Morgan fingerprint density at radius 1 is 1.15 bits per heavy atom. The molecule has 0 fully saturated rings. The smallest absolute Gasteiger partial charge is 0.321 e. The molecule has 0 aliphatic heterocycles. The number of hydrogen-bond donors (Lipinski definition) is 0. The van der Waals surface area contributed by atoms with Crippen molar-refractivity contribution in [3.8, 4) is 0 Å². The van der Waals surface area contributed by atoms with Crippen LogP contribution < -0.4 is 18.9 Å². The summed E-state index contributed by atoms with van der Waals surface area (Å²) >= 11 is 2.04. The minimum Gasteiger partial charge on any atom is -0.321 e. The van der Waals surface area contributed by atoms with Crippen molar-refractivity contribution in [2.75, 3.05) is 5.75 Å². The molecule has 0 unspecified atom stereocenters. The first-order valence-corrected chi connectivity index (χ1v) is 9.36. The molecular weight excluding hydrogens is 187 g/mol. The van der Waals surface area contributed by atoms with E-state index in [9.17, 15) is 0 Å². The van der Waals surface area contributed by atoms with Crippen molar-refractivity contribution in [3.63, 3.8) is 0 Å². The third kappa shape index (κ3) is 15.9. The second-order valence-corrected chi connectivity index (χ2v) is 12.9. The summed E-state index contributed by atoms with van der Waals surface area (Å²) in [5.41, 5.74) is 0. The van der Waals surface area contributed by atoms with Crippen LogP contribution in [0.5, 0.6) is 0 Å². The van der Waals surface area contributed by atoms with Gasteiger partial charge in [-0.25, -0.2) is 0 Å². The van der Waals surface area contributed by atoms with Gasteiger partial charge in [0.05, 0.1) is 0 Å². The van der Waals surface area contributed by atoms with Gasteiger partial charge >= 0.3 is 18.9 Å². The molecule has 3 heteroatoms. The number of thioether (sulfide) groups is 1. The van der Waals surface area contributed by atoms with Crippen LogP contribution in [0.3, 0.4) is 0 Å². The van der Waals surface area contributed by atoms with E-state index in [1.807, 2.05) is 11.8 Å². The summed E-state index contributed by atoms with van der Waals surface area (Å²) < 4.78 is 0.427. The van der Waals surface area contributed by atoms with Gasteiger partial charge in [-0.1, -0.05) is 40.4 Å². The Balaban J connectivity index is 0. The molecule has 0 heterocycles. The Morgan fingerprint density at radius 3 is 1.92 bits per heavy atom. The van der Waals surface area contributed by atoms with Crippen molar-refractivity contribution in [3.05, 3.63) is 6.42 Å². The number of rotatable bonds is 4. The first kappa shape index (κ1) is 16.6. The summed E-state index contributed by atoms with van der Waals surface area (Å²) in [7, 11) is -0.822. The van der Waals surface area contributed by atoms with Gasteiger partial charge in [0, 0.05) is 12.8 Å². The summed E-state index contributed by atoms with van der Waals surface area (Å²) in [4.78, 5) is 0. The van der Waals surface area contributed by atoms with Crippen LogP contribution in [0.15, 0.2) is 0 Å². The van der Waals surface area contributed by atoms with Crippen molar-refractivity contribution in [1.29, 1.82) is 0 Å². The van der Waals surface area contributed by atoms with Crippen LogP contribution in [0, 0.1) is 6.42 Å². The van der Waals surface area contributed by atoms with Gasteiger partial charge in [0.15, 0.2) is 0 Å². The van der Waals surface area contributed by atoms with Gasteiger partial charge in [0.1, 0.15) is 0 Å². The molecule has 13 heavy (non-hydrogen) atoms. The summed E-state index contributed by atoms with van der Waals surface area (Å²) in [6.45, 7) is 14.1. The zero-order valence-corrected chi connectivity index (χ0v) is 12.2. The first-order valence-electron chi connectivity index (χ1n) is 4.66. The molecule has 0 aromatic heterocycles. The van der Waals surface area contributed by atoms with Crippen LogP contribution in [0.1, 0.15) is 20.8 Å². The van der Waals surface area contributed by atoms with Gasteiger partial charge in [-0.3, -0.25) is 0 Å². The van der Waals surface area contributed by atoms with Gasteiger partial charge in [0.25, 0.3) is 0 Å². The second-order valence-electron chi connectivity index (χ2n) is 5.48. The molecule has 0 nitrogen and oxygen atoms in total. The Hall–Kier alpha value is 1.16. The summed E-state index contributed by atoms with van der Waals surface area (Å²) in [5.74, 6) is 1.22. The van der Waals surface area contributed by atoms with Gasteiger partial charge in [-0.05, 0) is 0 Å². The van der Waals surface area contributed by atoms with Crippen molar-refractivity contribution in [1.82, 2.24) is 0 Å². The zero-order chi connectivity index (χ0) is 9.83. The Bertz CT molecular complexity index is 108. The first-order chi connectivity index (χ1) is 5.21. The molecular formula is C10H23LiSSi. The summed E-state index contributed by atoms with van der Waals surface area (Å²) in [6.07, 6.45) is 2.46. The predicted molar refractivity (Wildman–Crippen MR) is 64.7 cm³/mol. The topological polar surface area (TPSA) is 0 Å². The van der Waals surface area contributed by atoms with Gasteiger partial charge in [-0.2, -0.15) is 17.8 Å². The van der Waals surface area contributed by atoms with E-state index >= 15 is 0 Å². The molecule has 0 aliphatic rings. The molecule has 74 valence electrons. The molecule has 0 rings (SSSR count). The van der Waals surface area contributed by atoms with E-state index in [0.29, 0.717) is 4.75 Å². The standard InChI is InChI=1S/C10H23SSi.Li/c1-10(2,3)11-8-7-9-12(4,5)6;/h7H,8-9H2,1-6H3;/q-1;+1. The SMILES string of the molecule is CC(C)(C)SC[CH-]C[Si](C)(C)C.[Li+]. The third-order valence-corrected chi connectivity index (χ3v) is 4.17. The fraction of sp³-hybridized carbons (Fsp3) is 0.900. The number of hydrogen-bond acceptors (Lipinski definition) is 1. The van der Waals surface area contributed by atoms with Crippen molar-refractivity contribution in [2.24, 2.45) is 0 Å². The van der Waals surface area contributed by atoms with Crippen molar-refractivity contribution < 1.29 is 18.9 Å². The normalized spacial score (nSPS) is 12.5. The van der Waals surface area contributed by atoms with Gasteiger partial charge < -0.3 is 6.42 Å². The molecule has 0 saturated carbocycles. The van der Waals surface area contributed by atoms with Crippen LogP contribution in [0.2, 0.25) is 25.7 Å². The van der Waals surface area contributed by atoms with E-state index < -0.39 is 8.07 Å². The van der Waals surface area contributed by atoms with Crippen molar-refractivity contribution in [2.45, 2.75) is 51.2 Å². The van der Waals surface area contributed by atoms with E-state index in [0.717, 1.165) is 0 Å². The van der Waals surface area contributed by atoms with Crippen molar-refractivity contribution >= 4 is 19.8 Å². The fourth-order valence-electron chi connectivity index (χ4n) is 0.801. The maximum Gasteiger partial charge on any atom is 1.00 e. The molecule has 0 spiro atoms. The molecule has 0 radical (unpaired) electrons. The maximum atomic E-state index is 2.46. The Morgan fingerprint density at radius 2 is 1.62 bits per heavy atom. The maximum absolute atomic E-state index is 2.46. The average Bonchev–Trinajstić information content (AvgIpc) is 1.76. The third-order valence-electron chi connectivity index (χ3n) is 1.39. The van der Waals surface area contributed by atoms with E-state index in [2.05, 4.69) is 46.8 Å². The Kier molecular flexibility index (Phi) is 8.44. The molecule has 0 N–H and O–H groups in total. The van der Waals surface area contributed by atoms with Crippen LogP contribution in [0.25, 0.3) is 0 Å². The quantitative estimate of drug-likeness (QED) is 0.380. The predicted octanol–water partition coefficient (Wildman–Crippen LogP) is 1.06. The van der Waals surface area contributed by atoms with Crippen LogP contribution >= 0.6 is 11.8 Å². The van der Waals surface area contributed by atoms with Crippen LogP contribution in [0.4, 0.5) is 0 Å². The molecule has 0 amide bonds. The monoisotopic (exact) mass is 210 g/mol. The van der Waals surface area contributed by atoms with E-state index in [-0.39, 0.29) is 18.9 Å². The van der Waals surface area contributed by atoms with Gasteiger partial charge in [0.2, 0.25) is 0 Å². The minimum atomic E-state index is -0.822. The van der Waals surface area contributed by atoms with Crippen LogP contribution in [-0.2, 0) is 0 Å². The van der Waals surface area contributed by atoms with E-state index in [1.54, 1.807) is 0 Å². The summed E-state index contributed by atoms with van der Waals surface area (Å²) in [5, 5.41) is 0. The van der Waals surface area contributed by atoms with E-state index in [4.69, 9.17) is 0 Å². The molecule has 0 aliphatic carbocycles. The summed E-state index contributed by atoms with van der Waals surface area (Å²) in [6, 6.07) is 1.36. The molecule has 0 saturated heterocycles. The zero-order valence-electron chi connectivity index (χ0n) is 10.4. The molecule has 0 aromatic carbocycles. The average molecular weight is 210 g/mol. The van der Waals surface area contributed by atoms with E-state index in [1.165, 1.54) is 11.8 Å². The van der Waals surface area contributed by atoms with Crippen LogP contribution in [-0.4, -0.2) is 18.6 Å². The fourth-order valence-corrected chi connectivity index (χ4v) is 2.76. The van der Waals surface area contributed by atoms with Gasteiger partial charge in [-0.15, -0.1) is 5.75 Å². The second kappa shape index (κ2) is 6.61. The molecule has 0 aromatic rings. The largest absolute Gasteiger partial charge is 1.00 e. The molecule has 0 atom stereocenters. The minimum absolute atomic E-state index is 0.